The molecule has 3 amide bonds. The summed E-state index contributed by atoms with van der Waals surface area (Å²) < 4.78 is 0. The number of nitrogens with zero attached hydrogens (tertiary/aromatic N) is 1. The van der Waals surface area contributed by atoms with E-state index < -0.39 is 0 Å². The topological polar surface area (TPSA) is 61.4 Å². The Morgan fingerprint density at radius 2 is 1.68 bits per heavy atom. The molecule has 25 heavy (non-hydrogen) atoms. The van der Waals surface area contributed by atoms with Gasteiger partial charge < -0.3 is 15.5 Å². The second kappa shape index (κ2) is 8.33. The highest BCUT2D eigenvalue weighted by Gasteiger charge is 2.17. The second-order valence-electron chi connectivity index (χ2n) is 6.39. The highest BCUT2D eigenvalue weighted by Crippen LogP contribution is 2.18. The van der Waals surface area contributed by atoms with Crippen molar-refractivity contribution in [2.24, 2.45) is 0 Å². The standard InChI is InChI=1S/C20H25N3O2/c1-14(2)21-20(25)22-18-12-8-7-11-17(18)19(24)23(4)13-16-10-6-5-9-15(16)3/h5-12,14H,13H2,1-4H3,(H2,21,22,25). The van der Waals surface area contributed by atoms with Gasteiger partial charge in [0.1, 0.15) is 0 Å². The predicted octanol–water partition coefficient (Wildman–Crippen LogP) is 3.80. The van der Waals surface area contributed by atoms with E-state index >= 15 is 0 Å². The Labute approximate surface area is 149 Å². The molecule has 0 unspecified atom stereocenters. The first-order chi connectivity index (χ1) is 11.9. The number of hydrogen-bond acceptors (Lipinski definition) is 2. The van der Waals surface area contributed by atoms with Gasteiger partial charge in [-0.15, -0.1) is 0 Å². The summed E-state index contributed by atoms with van der Waals surface area (Å²) in [5.74, 6) is -0.135. The van der Waals surface area contributed by atoms with Crippen LogP contribution in [-0.2, 0) is 6.54 Å². The molecular formula is C20H25N3O2. The quantitative estimate of drug-likeness (QED) is 0.870. The van der Waals surface area contributed by atoms with E-state index in [0.717, 1.165) is 11.1 Å². The van der Waals surface area contributed by atoms with Crippen LogP contribution in [-0.4, -0.2) is 29.9 Å². The number of benzene rings is 2. The third-order valence-corrected chi connectivity index (χ3v) is 3.84. The fourth-order valence-electron chi connectivity index (χ4n) is 2.52. The smallest absolute Gasteiger partial charge is 0.319 e. The van der Waals surface area contributed by atoms with Crippen molar-refractivity contribution < 1.29 is 9.59 Å². The fourth-order valence-corrected chi connectivity index (χ4v) is 2.52. The SMILES string of the molecule is Cc1ccccc1CN(C)C(=O)c1ccccc1NC(=O)NC(C)C. The first-order valence-corrected chi connectivity index (χ1v) is 8.35. The molecule has 2 aromatic rings. The lowest BCUT2D eigenvalue weighted by molar-refractivity contribution is 0.0786. The van der Waals surface area contributed by atoms with E-state index in [-0.39, 0.29) is 18.0 Å². The second-order valence-corrected chi connectivity index (χ2v) is 6.39. The Morgan fingerprint density at radius 3 is 2.36 bits per heavy atom. The van der Waals surface area contributed by atoms with Gasteiger partial charge in [-0.2, -0.15) is 0 Å². The van der Waals surface area contributed by atoms with Crippen molar-refractivity contribution in [2.45, 2.75) is 33.4 Å². The highest BCUT2D eigenvalue weighted by molar-refractivity contribution is 6.03. The lowest BCUT2D eigenvalue weighted by atomic mass is 10.1. The molecule has 0 aliphatic heterocycles. The van der Waals surface area contributed by atoms with Gasteiger partial charge in [0, 0.05) is 19.6 Å². The van der Waals surface area contributed by atoms with Gasteiger partial charge in [0.05, 0.1) is 11.3 Å². The van der Waals surface area contributed by atoms with Crippen LogP contribution in [0.3, 0.4) is 0 Å². The number of rotatable bonds is 5. The van der Waals surface area contributed by atoms with Gasteiger partial charge in [-0.25, -0.2) is 4.79 Å². The number of amides is 3. The minimum Gasteiger partial charge on any atom is -0.337 e. The Morgan fingerprint density at radius 1 is 1.04 bits per heavy atom. The van der Waals surface area contributed by atoms with Crippen LogP contribution >= 0.6 is 0 Å². The van der Waals surface area contributed by atoms with E-state index in [4.69, 9.17) is 0 Å². The molecular weight excluding hydrogens is 314 g/mol. The summed E-state index contributed by atoms with van der Waals surface area (Å²) in [7, 11) is 1.76. The van der Waals surface area contributed by atoms with Crippen LogP contribution in [0.2, 0.25) is 0 Å². The number of carbonyl (C=O) groups excluding carboxylic acids is 2. The molecule has 5 heteroatoms. The molecule has 2 rings (SSSR count). The van der Waals surface area contributed by atoms with Crippen molar-refractivity contribution in [1.82, 2.24) is 10.2 Å². The molecule has 132 valence electrons. The van der Waals surface area contributed by atoms with Crippen molar-refractivity contribution in [1.29, 1.82) is 0 Å². The molecule has 0 saturated carbocycles. The van der Waals surface area contributed by atoms with Gasteiger partial charge in [-0.05, 0) is 44.0 Å². The van der Waals surface area contributed by atoms with Gasteiger partial charge in [0.15, 0.2) is 0 Å². The minimum absolute atomic E-state index is 0.0200. The van der Waals surface area contributed by atoms with Gasteiger partial charge in [0.2, 0.25) is 0 Å². The normalized spacial score (nSPS) is 10.4. The molecule has 0 aliphatic rings. The Bertz CT molecular complexity index is 756. The monoisotopic (exact) mass is 339 g/mol. The summed E-state index contributed by atoms with van der Waals surface area (Å²) in [6, 6.07) is 14.7. The molecule has 0 heterocycles. The Kier molecular flexibility index (Phi) is 6.17. The Hall–Kier alpha value is -2.82. The maximum absolute atomic E-state index is 12.8. The number of carbonyl (C=O) groups is 2. The maximum Gasteiger partial charge on any atom is 0.319 e. The van der Waals surface area contributed by atoms with Crippen LogP contribution in [0.25, 0.3) is 0 Å². The summed E-state index contributed by atoms with van der Waals surface area (Å²) in [4.78, 5) is 26.5. The first kappa shape index (κ1) is 18.5. The molecule has 0 fully saturated rings. The number of urea groups is 1. The molecule has 0 aromatic heterocycles. The van der Waals surface area contributed by atoms with Crippen LogP contribution in [0.4, 0.5) is 10.5 Å². The van der Waals surface area contributed by atoms with Gasteiger partial charge in [-0.3, -0.25) is 4.79 Å². The van der Waals surface area contributed by atoms with Crippen molar-refractivity contribution in [2.75, 3.05) is 12.4 Å². The van der Waals surface area contributed by atoms with Gasteiger partial charge >= 0.3 is 6.03 Å². The molecule has 0 aliphatic carbocycles. The van der Waals surface area contributed by atoms with Gasteiger partial charge in [0.25, 0.3) is 5.91 Å². The summed E-state index contributed by atoms with van der Waals surface area (Å²) in [5.41, 5.74) is 3.21. The van der Waals surface area contributed by atoms with Crippen LogP contribution < -0.4 is 10.6 Å². The molecule has 0 bridgehead atoms. The van der Waals surface area contributed by atoms with E-state index in [2.05, 4.69) is 10.6 Å². The van der Waals surface area contributed by atoms with Gasteiger partial charge in [-0.1, -0.05) is 36.4 Å². The lowest BCUT2D eigenvalue weighted by Gasteiger charge is -2.20. The zero-order chi connectivity index (χ0) is 18.4. The van der Waals surface area contributed by atoms with Crippen LogP contribution in [0, 0.1) is 6.92 Å². The third kappa shape index (κ3) is 5.08. The van der Waals surface area contributed by atoms with Crippen LogP contribution in [0.15, 0.2) is 48.5 Å². The maximum atomic E-state index is 12.8. The number of anilines is 1. The molecule has 0 radical (unpaired) electrons. The summed E-state index contributed by atoms with van der Waals surface area (Å²) in [6.45, 7) is 6.30. The van der Waals surface area contributed by atoms with E-state index in [1.807, 2.05) is 45.0 Å². The third-order valence-electron chi connectivity index (χ3n) is 3.84. The Balaban J connectivity index is 2.16. The minimum atomic E-state index is -0.322. The molecule has 0 spiro atoms. The molecule has 5 nitrogen and oxygen atoms in total. The zero-order valence-electron chi connectivity index (χ0n) is 15.2. The predicted molar refractivity (Wildman–Crippen MR) is 101 cm³/mol. The molecule has 0 saturated heterocycles. The van der Waals surface area contributed by atoms with E-state index in [9.17, 15) is 9.59 Å². The number of para-hydroxylation sites is 1. The largest absolute Gasteiger partial charge is 0.337 e. The molecule has 2 aromatic carbocycles. The summed E-state index contributed by atoms with van der Waals surface area (Å²) in [6.07, 6.45) is 0. The van der Waals surface area contributed by atoms with Crippen LogP contribution in [0.1, 0.15) is 35.3 Å². The molecule has 0 atom stereocenters. The highest BCUT2D eigenvalue weighted by atomic mass is 16.2. The molecule has 2 N–H and O–H groups in total. The zero-order valence-corrected chi connectivity index (χ0v) is 15.2. The number of hydrogen-bond donors (Lipinski definition) is 2. The van der Waals surface area contributed by atoms with E-state index in [1.165, 1.54) is 0 Å². The van der Waals surface area contributed by atoms with Crippen molar-refractivity contribution >= 4 is 17.6 Å². The van der Waals surface area contributed by atoms with E-state index in [0.29, 0.717) is 17.8 Å². The number of nitrogens with one attached hydrogen (secondary N) is 2. The number of aryl methyl sites for hydroxylation is 1. The average Bonchev–Trinajstić information content (AvgIpc) is 2.56. The lowest BCUT2D eigenvalue weighted by Crippen LogP contribution is -2.35. The average molecular weight is 339 g/mol. The fraction of sp³-hybridized carbons (Fsp3) is 0.300. The van der Waals surface area contributed by atoms with E-state index in [1.54, 1.807) is 36.2 Å². The van der Waals surface area contributed by atoms with Crippen molar-refractivity contribution in [3.05, 3.63) is 65.2 Å². The van der Waals surface area contributed by atoms with Crippen molar-refractivity contribution in [3.8, 4) is 0 Å². The van der Waals surface area contributed by atoms with Crippen molar-refractivity contribution in [3.63, 3.8) is 0 Å². The first-order valence-electron chi connectivity index (χ1n) is 8.35. The summed E-state index contributed by atoms with van der Waals surface area (Å²) >= 11 is 0. The summed E-state index contributed by atoms with van der Waals surface area (Å²) in [5, 5.41) is 5.51. The van der Waals surface area contributed by atoms with Crippen LogP contribution in [0.5, 0.6) is 0 Å².